The van der Waals surface area contributed by atoms with E-state index in [1.54, 1.807) is 18.3 Å². The smallest absolute Gasteiger partial charge is 0.200 e. The second-order valence-corrected chi connectivity index (χ2v) is 7.18. The first-order valence-electron chi connectivity index (χ1n) is 9.89. The zero-order valence-electron chi connectivity index (χ0n) is 17.2. The third kappa shape index (κ3) is 3.20. The van der Waals surface area contributed by atoms with Crippen LogP contribution in [-0.2, 0) is 0 Å². The van der Waals surface area contributed by atoms with Gasteiger partial charge in [0.2, 0.25) is 5.75 Å². The van der Waals surface area contributed by atoms with Crippen LogP contribution in [0.2, 0.25) is 0 Å². The molecule has 5 heteroatoms. The van der Waals surface area contributed by atoms with Gasteiger partial charge in [0.1, 0.15) is 0 Å². The van der Waals surface area contributed by atoms with Crippen molar-refractivity contribution in [3.05, 3.63) is 79.0 Å². The normalized spacial score (nSPS) is 11.0. The molecule has 3 aromatic carbocycles. The second-order valence-electron chi connectivity index (χ2n) is 7.18. The van der Waals surface area contributed by atoms with Crippen molar-refractivity contribution in [2.24, 2.45) is 0 Å². The molecule has 0 bridgehead atoms. The molecule has 0 aliphatic heterocycles. The third-order valence-electron chi connectivity index (χ3n) is 5.41. The molecular formula is C26H20N2O3. The maximum Gasteiger partial charge on any atom is 0.200 e. The molecule has 0 unspecified atom stereocenters. The highest BCUT2D eigenvalue weighted by molar-refractivity contribution is 6.12. The van der Waals surface area contributed by atoms with Crippen LogP contribution in [0.4, 0.5) is 0 Å². The highest BCUT2D eigenvalue weighted by atomic mass is 16.5. The Hall–Kier alpha value is -4.12. The molecule has 31 heavy (non-hydrogen) atoms. The molecule has 0 spiro atoms. The van der Waals surface area contributed by atoms with Crippen LogP contribution >= 0.6 is 0 Å². The number of pyridine rings is 2. The minimum Gasteiger partial charge on any atom is -0.502 e. The summed E-state index contributed by atoms with van der Waals surface area (Å²) in [6.07, 6.45) is 1.80. The average Bonchev–Trinajstić information content (AvgIpc) is 2.83. The highest BCUT2D eigenvalue weighted by Crippen LogP contribution is 2.42. The largest absolute Gasteiger partial charge is 0.502 e. The summed E-state index contributed by atoms with van der Waals surface area (Å²) in [6, 6.07) is 23.8. The summed E-state index contributed by atoms with van der Waals surface area (Å²) in [7, 11) is 3.03. The van der Waals surface area contributed by atoms with Crippen molar-refractivity contribution in [3.8, 4) is 39.6 Å². The SMILES string of the molecule is COc1cc(-c2cc(-c3ccccc3)c3c(ccc4ncccc43)n2)cc(OC)c1O. The molecule has 5 nitrogen and oxygen atoms in total. The number of hydrogen-bond donors (Lipinski definition) is 1. The van der Waals surface area contributed by atoms with Crippen molar-refractivity contribution < 1.29 is 14.6 Å². The van der Waals surface area contributed by atoms with Crippen LogP contribution in [-0.4, -0.2) is 29.3 Å². The molecule has 0 aliphatic carbocycles. The Morgan fingerprint density at radius 3 is 2.16 bits per heavy atom. The van der Waals surface area contributed by atoms with Gasteiger partial charge in [-0.1, -0.05) is 36.4 Å². The molecule has 1 N–H and O–H groups in total. The number of phenols is 1. The average molecular weight is 408 g/mol. The maximum atomic E-state index is 10.3. The molecule has 0 atom stereocenters. The number of hydrogen-bond acceptors (Lipinski definition) is 5. The number of rotatable bonds is 4. The van der Waals surface area contributed by atoms with Crippen molar-refractivity contribution in [3.63, 3.8) is 0 Å². The fourth-order valence-corrected chi connectivity index (χ4v) is 3.92. The summed E-state index contributed by atoms with van der Waals surface area (Å²) < 4.78 is 10.7. The zero-order valence-corrected chi connectivity index (χ0v) is 17.2. The molecule has 2 heterocycles. The Morgan fingerprint density at radius 1 is 0.742 bits per heavy atom. The minimum absolute atomic E-state index is 0.0325. The quantitative estimate of drug-likeness (QED) is 0.379. The Balaban J connectivity index is 1.86. The van der Waals surface area contributed by atoms with Crippen molar-refractivity contribution in [1.29, 1.82) is 0 Å². The summed E-state index contributed by atoms with van der Waals surface area (Å²) in [5, 5.41) is 12.4. The van der Waals surface area contributed by atoms with Crippen LogP contribution in [0, 0.1) is 0 Å². The van der Waals surface area contributed by atoms with E-state index < -0.39 is 0 Å². The number of benzene rings is 3. The first kappa shape index (κ1) is 18.9. The summed E-state index contributed by atoms with van der Waals surface area (Å²) in [4.78, 5) is 9.45. The lowest BCUT2D eigenvalue weighted by atomic mass is 9.95. The van der Waals surface area contributed by atoms with E-state index in [1.165, 1.54) is 14.2 Å². The standard InChI is InChI=1S/C26H20N2O3/c1-30-23-13-17(14-24(31-2)26(23)29)22-15-19(16-7-4-3-5-8-16)25-18-9-6-12-27-20(18)10-11-21(25)28-22/h3-15,29H,1-2H3. The molecular weight excluding hydrogens is 388 g/mol. The van der Waals surface area contributed by atoms with Gasteiger partial charge in [-0.3, -0.25) is 4.98 Å². The lowest BCUT2D eigenvalue weighted by molar-refractivity contribution is 0.340. The molecule has 152 valence electrons. The molecule has 5 aromatic rings. The number of nitrogens with zero attached hydrogens (tertiary/aromatic N) is 2. The van der Waals surface area contributed by atoms with Gasteiger partial charge in [0, 0.05) is 22.5 Å². The van der Waals surface area contributed by atoms with Crippen LogP contribution in [0.25, 0.3) is 44.2 Å². The van der Waals surface area contributed by atoms with Crippen LogP contribution in [0.15, 0.2) is 79.0 Å². The zero-order chi connectivity index (χ0) is 21.4. The van der Waals surface area contributed by atoms with Crippen LogP contribution in [0.1, 0.15) is 0 Å². The number of aromatic nitrogens is 2. The topological polar surface area (TPSA) is 64.5 Å². The number of aromatic hydroxyl groups is 1. The third-order valence-corrected chi connectivity index (χ3v) is 5.41. The summed E-state index contributed by atoms with van der Waals surface area (Å²) in [5.74, 6) is 0.635. The van der Waals surface area contributed by atoms with Crippen LogP contribution in [0.5, 0.6) is 17.2 Å². The van der Waals surface area contributed by atoms with Gasteiger partial charge >= 0.3 is 0 Å². The maximum absolute atomic E-state index is 10.3. The number of methoxy groups -OCH3 is 2. The summed E-state index contributed by atoms with van der Waals surface area (Å²) in [5.41, 5.74) is 5.48. The number of ether oxygens (including phenoxy) is 2. The van der Waals surface area contributed by atoms with Gasteiger partial charge in [0.25, 0.3) is 0 Å². The monoisotopic (exact) mass is 408 g/mol. The van der Waals surface area contributed by atoms with E-state index in [1.807, 2.05) is 36.4 Å². The van der Waals surface area contributed by atoms with E-state index in [0.717, 1.165) is 44.2 Å². The molecule has 0 radical (unpaired) electrons. The Labute approximate surface area is 179 Å². The molecule has 0 fully saturated rings. The van der Waals surface area contributed by atoms with Crippen molar-refractivity contribution in [2.75, 3.05) is 14.2 Å². The molecule has 0 aliphatic rings. The van der Waals surface area contributed by atoms with E-state index >= 15 is 0 Å². The number of phenolic OH excluding ortho intramolecular Hbond substituents is 1. The lowest BCUT2D eigenvalue weighted by Gasteiger charge is -2.14. The van der Waals surface area contributed by atoms with Gasteiger partial charge < -0.3 is 14.6 Å². The first-order valence-corrected chi connectivity index (χ1v) is 9.89. The van der Waals surface area contributed by atoms with Gasteiger partial charge in [0.05, 0.1) is 30.9 Å². The van der Waals surface area contributed by atoms with Crippen molar-refractivity contribution in [2.45, 2.75) is 0 Å². The van der Waals surface area contributed by atoms with Crippen LogP contribution in [0.3, 0.4) is 0 Å². The van der Waals surface area contributed by atoms with E-state index in [-0.39, 0.29) is 5.75 Å². The van der Waals surface area contributed by atoms with Crippen molar-refractivity contribution >= 4 is 21.8 Å². The van der Waals surface area contributed by atoms with E-state index in [2.05, 4.69) is 29.2 Å². The Bertz CT molecular complexity index is 1390. The van der Waals surface area contributed by atoms with Gasteiger partial charge in [-0.15, -0.1) is 0 Å². The fraction of sp³-hybridized carbons (Fsp3) is 0.0769. The van der Waals surface area contributed by atoms with Gasteiger partial charge in [-0.05, 0) is 47.5 Å². The predicted molar refractivity (Wildman–Crippen MR) is 123 cm³/mol. The van der Waals surface area contributed by atoms with E-state index in [0.29, 0.717) is 11.5 Å². The fourth-order valence-electron chi connectivity index (χ4n) is 3.92. The molecule has 0 saturated heterocycles. The first-order chi connectivity index (χ1) is 15.2. The second kappa shape index (κ2) is 7.61. The van der Waals surface area contributed by atoms with Gasteiger partial charge in [0.15, 0.2) is 11.5 Å². The lowest BCUT2D eigenvalue weighted by Crippen LogP contribution is -1.94. The number of fused-ring (bicyclic) bond motifs is 3. The summed E-state index contributed by atoms with van der Waals surface area (Å²) >= 11 is 0. The molecule has 0 saturated carbocycles. The highest BCUT2D eigenvalue weighted by Gasteiger charge is 2.16. The van der Waals surface area contributed by atoms with Gasteiger partial charge in [-0.2, -0.15) is 0 Å². The molecule has 0 amide bonds. The molecule has 5 rings (SSSR count). The van der Waals surface area contributed by atoms with E-state index in [4.69, 9.17) is 14.5 Å². The van der Waals surface area contributed by atoms with Crippen molar-refractivity contribution in [1.82, 2.24) is 9.97 Å². The molecule has 2 aromatic heterocycles. The Kier molecular flexibility index (Phi) is 4.64. The predicted octanol–water partition coefficient (Wildman–Crippen LogP) is 5.84. The van der Waals surface area contributed by atoms with E-state index in [9.17, 15) is 5.11 Å². The van der Waals surface area contributed by atoms with Crippen LogP contribution < -0.4 is 9.47 Å². The Morgan fingerprint density at radius 2 is 1.45 bits per heavy atom. The minimum atomic E-state index is -0.0325. The summed E-state index contributed by atoms with van der Waals surface area (Å²) in [6.45, 7) is 0. The van der Waals surface area contributed by atoms with Gasteiger partial charge in [-0.25, -0.2) is 4.98 Å².